The number of fused-ring (bicyclic) bond motifs is 1. The lowest BCUT2D eigenvalue weighted by atomic mass is 9.76. The Balaban J connectivity index is 2.08. The van der Waals surface area contributed by atoms with Gasteiger partial charge in [-0.15, -0.1) is 0 Å². The van der Waals surface area contributed by atoms with E-state index in [9.17, 15) is 4.79 Å². The minimum absolute atomic E-state index is 0.103. The Bertz CT molecular complexity index is 1050. The minimum atomic E-state index is -0.103. The number of carbonyl (C=O) groups excluding carboxylic acids is 1. The zero-order chi connectivity index (χ0) is 20.1. The van der Waals surface area contributed by atoms with Gasteiger partial charge in [-0.1, -0.05) is 53.5 Å². The largest absolute Gasteiger partial charge is 0.494 e. The average Bonchev–Trinajstić information content (AvgIpc) is 2.96. The van der Waals surface area contributed by atoms with Gasteiger partial charge in [0.2, 0.25) is 0 Å². The Morgan fingerprint density at radius 1 is 1.04 bits per heavy atom. The van der Waals surface area contributed by atoms with Gasteiger partial charge in [0.25, 0.3) is 0 Å². The van der Waals surface area contributed by atoms with Crippen LogP contribution in [0.5, 0.6) is 5.75 Å². The molecular formula is C23H21BrClNO2. The molecule has 28 heavy (non-hydrogen) atoms. The molecule has 0 atom stereocenters. The molecule has 0 amide bonds. The summed E-state index contributed by atoms with van der Waals surface area (Å²) in [5, 5.41) is 0.679. The summed E-state index contributed by atoms with van der Waals surface area (Å²) >= 11 is 9.62. The molecule has 1 aliphatic carbocycles. The van der Waals surface area contributed by atoms with Crippen molar-refractivity contribution in [3.63, 3.8) is 0 Å². The third kappa shape index (κ3) is 3.29. The number of ether oxygens (including phenoxy) is 1. The van der Waals surface area contributed by atoms with E-state index < -0.39 is 0 Å². The number of Topliss-reactive ketones (excluding diaryl/α,β-unsaturated/α-hetero) is 1. The second kappa shape index (κ2) is 7.09. The normalized spacial score (nSPS) is 15.4. The van der Waals surface area contributed by atoms with Crippen LogP contribution >= 0.6 is 27.5 Å². The van der Waals surface area contributed by atoms with Gasteiger partial charge in [-0.25, -0.2) is 0 Å². The number of carbonyl (C=O) groups is 1. The molecule has 0 N–H and O–H groups in total. The summed E-state index contributed by atoms with van der Waals surface area (Å²) < 4.78 is 8.97. The average molecular weight is 459 g/mol. The maximum atomic E-state index is 13.1. The second-order valence-corrected chi connectivity index (χ2v) is 9.32. The lowest BCUT2D eigenvalue weighted by Gasteiger charge is -2.29. The van der Waals surface area contributed by atoms with E-state index in [1.165, 1.54) is 0 Å². The van der Waals surface area contributed by atoms with E-state index >= 15 is 0 Å². The van der Waals surface area contributed by atoms with E-state index in [-0.39, 0.29) is 11.2 Å². The van der Waals surface area contributed by atoms with Crippen LogP contribution < -0.4 is 4.74 Å². The summed E-state index contributed by atoms with van der Waals surface area (Å²) in [5.41, 5.74) is 4.46. The molecule has 0 fully saturated rings. The molecular weight excluding hydrogens is 438 g/mol. The number of ketones is 1. The first-order valence-corrected chi connectivity index (χ1v) is 10.3. The van der Waals surface area contributed by atoms with Crippen molar-refractivity contribution in [2.45, 2.75) is 26.7 Å². The van der Waals surface area contributed by atoms with E-state index in [1.807, 2.05) is 48.5 Å². The number of methoxy groups -OCH3 is 1. The molecule has 0 unspecified atom stereocenters. The van der Waals surface area contributed by atoms with Crippen LogP contribution in [0.2, 0.25) is 5.02 Å². The summed E-state index contributed by atoms with van der Waals surface area (Å²) in [6.07, 6.45) is 1.31. The van der Waals surface area contributed by atoms with Crippen molar-refractivity contribution in [3.05, 3.63) is 69.3 Å². The first kappa shape index (κ1) is 19.3. The van der Waals surface area contributed by atoms with Gasteiger partial charge < -0.3 is 9.30 Å². The van der Waals surface area contributed by atoms with Gasteiger partial charge in [0.1, 0.15) is 0 Å². The summed E-state index contributed by atoms with van der Waals surface area (Å²) in [4.78, 5) is 13.1. The van der Waals surface area contributed by atoms with E-state index in [0.29, 0.717) is 22.8 Å². The highest BCUT2D eigenvalue weighted by Crippen LogP contribution is 2.47. The van der Waals surface area contributed by atoms with Crippen molar-refractivity contribution in [1.82, 2.24) is 4.57 Å². The van der Waals surface area contributed by atoms with Crippen molar-refractivity contribution < 1.29 is 9.53 Å². The molecule has 3 aromatic rings. The predicted octanol–water partition coefficient (Wildman–Crippen LogP) is 6.72. The molecule has 1 heterocycles. The van der Waals surface area contributed by atoms with Gasteiger partial charge >= 0.3 is 0 Å². The fourth-order valence-electron chi connectivity index (χ4n) is 4.03. The molecule has 1 aromatic heterocycles. The number of benzene rings is 2. The molecule has 0 saturated heterocycles. The lowest BCUT2D eigenvalue weighted by Crippen LogP contribution is -2.28. The van der Waals surface area contributed by atoms with Gasteiger partial charge in [0, 0.05) is 32.9 Å². The number of hydrogen-bond acceptors (Lipinski definition) is 2. The van der Waals surface area contributed by atoms with Crippen molar-refractivity contribution in [3.8, 4) is 22.7 Å². The van der Waals surface area contributed by atoms with Gasteiger partial charge in [-0.2, -0.15) is 0 Å². The fraction of sp³-hybridized carbons (Fsp3) is 0.261. The maximum absolute atomic E-state index is 13.1. The Morgan fingerprint density at radius 3 is 2.29 bits per heavy atom. The summed E-state index contributed by atoms with van der Waals surface area (Å²) in [6.45, 7) is 4.28. The summed E-state index contributed by atoms with van der Waals surface area (Å²) in [7, 11) is 1.64. The smallest absolute Gasteiger partial charge is 0.169 e. The standard InChI is InChI=1S/C23H21BrClNO2/c1-23(2)12-18-20(19(27)13-23)22(28-3)21(14-4-6-15(24)7-5-14)26(18)17-10-8-16(25)9-11-17/h4-11H,12-13H2,1-3H3. The summed E-state index contributed by atoms with van der Waals surface area (Å²) in [5.74, 6) is 0.780. The minimum Gasteiger partial charge on any atom is -0.494 e. The molecule has 1 aliphatic rings. The molecule has 0 bridgehead atoms. The molecule has 3 nitrogen and oxygen atoms in total. The predicted molar refractivity (Wildman–Crippen MR) is 117 cm³/mol. The van der Waals surface area contributed by atoms with Crippen molar-refractivity contribution in [2.75, 3.05) is 7.11 Å². The Morgan fingerprint density at radius 2 is 1.68 bits per heavy atom. The van der Waals surface area contributed by atoms with Crippen molar-refractivity contribution in [2.24, 2.45) is 5.41 Å². The van der Waals surface area contributed by atoms with Crippen LogP contribution in [-0.4, -0.2) is 17.5 Å². The molecule has 0 spiro atoms. The fourth-order valence-corrected chi connectivity index (χ4v) is 4.42. The monoisotopic (exact) mass is 457 g/mol. The number of nitrogens with zero attached hydrogens (tertiary/aromatic N) is 1. The van der Waals surface area contributed by atoms with Crippen LogP contribution in [0, 0.1) is 5.41 Å². The molecule has 0 saturated carbocycles. The first-order valence-electron chi connectivity index (χ1n) is 9.17. The maximum Gasteiger partial charge on any atom is 0.169 e. The third-order valence-electron chi connectivity index (χ3n) is 5.19. The highest BCUT2D eigenvalue weighted by molar-refractivity contribution is 9.10. The molecule has 5 heteroatoms. The molecule has 2 aromatic carbocycles. The van der Waals surface area contributed by atoms with Crippen LogP contribution in [0.15, 0.2) is 53.0 Å². The van der Waals surface area contributed by atoms with Crippen LogP contribution in [0.25, 0.3) is 16.9 Å². The Hall–Kier alpha value is -2.04. The van der Waals surface area contributed by atoms with Crippen LogP contribution in [-0.2, 0) is 6.42 Å². The topological polar surface area (TPSA) is 31.2 Å². The zero-order valence-corrected chi connectivity index (χ0v) is 18.4. The Kier molecular flexibility index (Phi) is 4.88. The van der Waals surface area contributed by atoms with Crippen LogP contribution in [0.1, 0.15) is 36.3 Å². The lowest BCUT2D eigenvalue weighted by molar-refractivity contribution is 0.0908. The van der Waals surface area contributed by atoms with E-state index in [0.717, 1.165) is 33.5 Å². The highest BCUT2D eigenvalue weighted by Gasteiger charge is 2.38. The van der Waals surface area contributed by atoms with Crippen LogP contribution in [0.3, 0.4) is 0 Å². The number of rotatable bonds is 3. The molecule has 0 radical (unpaired) electrons. The van der Waals surface area contributed by atoms with Crippen molar-refractivity contribution >= 4 is 33.3 Å². The van der Waals surface area contributed by atoms with Crippen LogP contribution in [0.4, 0.5) is 0 Å². The summed E-state index contributed by atoms with van der Waals surface area (Å²) in [6, 6.07) is 15.8. The molecule has 0 aliphatic heterocycles. The van der Waals surface area contributed by atoms with Gasteiger partial charge in [-0.05, 0) is 48.2 Å². The third-order valence-corrected chi connectivity index (χ3v) is 5.98. The van der Waals surface area contributed by atoms with Gasteiger partial charge in [0.15, 0.2) is 11.5 Å². The second-order valence-electron chi connectivity index (χ2n) is 7.96. The van der Waals surface area contributed by atoms with E-state index in [4.69, 9.17) is 16.3 Å². The Labute approximate surface area is 178 Å². The number of aromatic nitrogens is 1. The number of hydrogen-bond donors (Lipinski definition) is 0. The van der Waals surface area contributed by atoms with Gasteiger partial charge in [-0.3, -0.25) is 4.79 Å². The quantitative estimate of drug-likeness (QED) is 0.436. The first-order chi connectivity index (χ1) is 13.3. The van der Waals surface area contributed by atoms with E-state index in [1.54, 1.807) is 7.11 Å². The molecule has 4 rings (SSSR count). The zero-order valence-electron chi connectivity index (χ0n) is 16.1. The van der Waals surface area contributed by atoms with Gasteiger partial charge in [0.05, 0.1) is 18.4 Å². The van der Waals surface area contributed by atoms with E-state index in [2.05, 4.69) is 34.3 Å². The molecule has 144 valence electrons. The highest BCUT2D eigenvalue weighted by atomic mass is 79.9. The SMILES string of the molecule is COc1c2c(n(-c3ccc(Cl)cc3)c1-c1ccc(Br)cc1)CC(C)(C)CC2=O. The van der Waals surface area contributed by atoms with Crippen molar-refractivity contribution in [1.29, 1.82) is 0 Å². The number of halogens is 2.